The lowest BCUT2D eigenvalue weighted by Gasteiger charge is -2.03. The minimum absolute atomic E-state index is 0.367. The number of nitrogens with zero attached hydrogens (tertiary/aromatic N) is 1. The van der Waals surface area contributed by atoms with E-state index in [2.05, 4.69) is 0 Å². The molecule has 2 rings (SSSR count). The maximum absolute atomic E-state index is 10.9. The summed E-state index contributed by atoms with van der Waals surface area (Å²) in [6.45, 7) is 1.98. The highest BCUT2D eigenvalue weighted by molar-refractivity contribution is 6.03. The van der Waals surface area contributed by atoms with Crippen LogP contribution in [0.5, 0.6) is 0 Å². The van der Waals surface area contributed by atoms with Crippen LogP contribution in [0.1, 0.15) is 15.9 Å². The average Bonchev–Trinajstić information content (AvgIpc) is 2.49. The van der Waals surface area contributed by atoms with Crippen molar-refractivity contribution < 1.29 is 9.90 Å². The SMILES string of the molecule is Cc1ccc(C(=O)O)c2ccn(C)c12. The van der Waals surface area contributed by atoms with E-state index >= 15 is 0 Å². The zero-order valence-electron chi connectivity index (χ0n) is 8.11. The number of benzene rings is 1. The van der Waals surface area contributed by atoms with Gasteiger partial charge in [-0.3, -0.25) is 0 Å². The van der Waals surface area contributed by atoms with E-state index in [1.807, 2.05) is 36.9 Å². The molecule has 0 radical (unpaired) electrons. The standard InChI is InChI=1S/C11H11NO2/c1-7-3-4-9(11(13)14)8-5-6-12(2)10(7)8/h3-6H,1-2H3,(H,13,14). The second-order valence-electron chi connectivity index (χ2n) is 3.42. The van der Waals surface area contributed by atoms with E-state index in [1.165, 1.54) is 0 Å². The van der Waals surface area contributed by atoms with Gasteiger partial charge in [0.1, 0.15) is 0 Å². The van der Waals surface area contributed by atoms with Crippen molar-refractivity contribution in [2.45, 2.75) is 6.92 Å². The first-order chi connectivity index (χ1) is 6.61. The van der Waals surface area contributed by atoms with Gasteiger partial charge in [-0.05, 0) is 24.6 Å². The maximum Gasteiger partial charge on any atom is 0.336 e. The van der Waals surface area contributed by atoms with Gasteiger partial charge in [-0.1, -0.05) is 6.07 Å². The van der Waals surface area contributed by atoms with E-state index in [9.17, 15) is 4.79 Å². The molecule has 0 unspecified atom stereocenters. The van der Waals surface area contributed by atoms with Crippen molar-refractivity contribution in [3.05, 3.63) is 35.5 Å². The van der Waals surface area contributed by atoms with Gasteiger partial charge in [0.2, 0.25) is 0 Å². The summed E-state index contributed by atoms with van der Waals surface area (Å²) in [6.07, 6.45) is 1.88. The maximum atomic E-state index is 10.9. The fourth-order valence-corrected chi connectivity index (χ4v) is 1.80. The van der Waals surface area contributed by atoms with Gasteiger partial charge in [0.15, 0.2) is 0 Å². The molecule has 0 aliphatic rings. The molecule has 0 aliphatic heterocycles. The first-order valence-electron chi connectivity index (χ1n) is 4.39. The molecule has 1 aromatic heterocycles. The third-order valence-corrected chi connectivity index (χ3v) is 2.47. The van der Waals surface area contributed by atoms with Gasteiger partial charge in [0.05, 0.1) is 11.1 Å². The molecule has 2 aromatic rings. The van der Waals surface area contributed by atoms with E-state index < -0.39 is 5.97 Å². The Morgan fingerprint density at radius 3 is 2.71 bits per heavy atom. The summed E-state index contributed by atoms with van der Waals surface area (Å²) in [5, 5.41) is 9.78. The lowest BCUT2D eigenvalue weighted by molar-refractivity contribution is 0.0699. The van der Waals surface area contributed by atoms with Crippen LogP contribution in [0.3, 0.4) is 0 Å². The Labute approximate surface area is 81.6 Å². The van der Waals surface area contributed by atoms with Gasteiger partial charge in [0, 0.05) is 18.6 Å². The van der Waals surface area contributed by atoms with Crippen molar-refractivity contribution in [2.75, 3.05) is 0 Å². The van der Waals surface area contributed by atoms with E-state index in [0.717, 1.165) is 16.5 Å². The van der Waals surface area contributed by atoms with Gasteiger partial charge in [-0.2, -0.15) is 0 Å². The molecule has 0 atom stereocenters. The molecule has 72 valence electrons. The van der Waals surface area contributed by atoms with E-state index in [0.29, 0.717) is 5.56 Å². The Balaban J connectivity index is 2.90. The number of hydrogen-bond donors (Lipinski definition) is 1. The molecular weight excluding hydrogens is 178 g/mol. The molecule has 1 heterocycles. The van der Waals surface area contributed by atoms with Crippen LogP contribution < -0.4 is 0 Å². The molecule has 0 saturated carbocycles. The number of rotatable bonds is 1. The smallest absolute Gasteiger partial charge is 0.336 e. The molecule has 0 fully saturated rings. The van der Waals surface area contributed by atoms with Gasteiger partial charge < -0.3 is 9.67 Å². The zero-order valence-corrected chi connectivity index (χ0v) is 8.11. The van der Waals surface area contributed by atoms with Crippen molar-refractivity contribution in [3.63, 3.8) is 0 Å². The van der Waals surface area contributed by atoms with E-state index in [-0.39, 0.29) is 0 Å². The van der Waals surface area contributed by atoms with E-state index in [4.69, 9.17) is 5.11 Å². The van der Waals surface area contributed by atoms with Crippen LogP contribution in [-0.4, -0.2) is 15.6 Å². The Kier molecular flexibility index (Phi) is 1.81. The van der Waals surface area contributed by atoms with Crippen LogP contribution in [0.15, 0.2) is 24.4 Å². The van der Waals surface area contributed by atoms with Crippen molar-refractivity contribution in [3.8, 4) is 0 Å². The number of fused-ring (bicyclic) bond motifs is 1. The van der Waals surface area contributed by atoms with Gasteiger partial charge in [0.25, 0.3) is 0 Å². The monoisotopic (exact) mass is 189 g/mol. The molecule has 14 heavy (non-hydrogen) atoms. The fraction of sp³-hybridized carbons (Fsp3) is 0.182. The average molecular weight is 189 g/mol. The Hall–Kier alpha value is -1.77. The molecule has 0 aliphatic carbocycles. The number of aryl methyl sites for hydroxylation is 2. The Bertz CT molecular complexity index is 511. The topological polar surface area (TPSA) is 42.2 Å². The summed E-state index contributed by atoms with van der Waals surface area (Å²) < 4.78 is 1.94. The number of carboxylic acid groups (broad SMARTS) is 1. The molecule has 0 amide bonds. The normalized spacial score (nSPS) is 10.7. The molecule has 3 heteroatoms. The predicted molar refractivity (Wildman–Crippen MR) is 54.6 cm³/mol. The summed E-state index contributed by atoms with van der Waals surface area (Å²) >= 11 is 0. The minimum atomic E-state index is -0.874. The summed E-state index contributed by atoms with van der Waals surface area (Å²) in [6, 6.07) is 5.33. The molecule has 0 bridgehead atoms. The Morgan fingerprint density at radius 1 is 1.36 bits per heavy atom. The van der Waals surface area contributed by atoms with Gasteiger partial charge in [-0.25, -0.2) is 4.79 Å². The van der Waals surface area contributed by atoms with Crippen molar-refractivity contribution in [1.29, 1.82) is 0 Å². The molecule has 0 spiro atoms. The van der Waals surface area contributed by atoms with Crippen LogP contribution >= 0.6 is 0 Å². The third kappa shape index (κ3) is 1.09. The molecule has 3 nitrogen and oxygen atoms in total. The summed E-state index contributed by atoms with van der Waals surface area (Å²) in [5.74, 6) is -0.874. The van der Waals surface area contributed by atoms with E-state index in [1.54, 1.807) is 6.07 Å². The highest BCUT2D eigenvalue weighted by atomic mass is 16.4. The van der Waals surface area contributed by atoms with Crippen LogP contribution in [0.2, 0.25) is 0 Å². The summed E-state index contributed by atoms with van der Waals surface area (Å²) in [4.78, 5) is 10.9. The minimum Gasteiger partial charge on any atom is -0.478 e. The second-order valence-corrected chi connectivity index (χ2v) is 3.42. The number of aromatic carboxylic acids is 1. The van der Waals surface area contributed by atoms with Crippen molar-refractivity contribution in [2.24, 2.45) is 7.05 Å². The van der Waals surface area contributed by atoms with Gasteiger partial charge in [-0.15, -0.1) is 0 Å². The van der Waals surface area contributed by atoms with Crippen molar-refractivity contribution in [1.82, 2.24) is 4.57 Å². The van der Waals surface area contributed by atoms with Gasteiger partial charge >= 0.3 is 5.97 Å². The second kappa shape index (κ2) is 2.87. The lowest BCUT2D eigenvalue weighted by atomic mass is 10.1. The number of hydrogen-bond acceptors (Lipinski definition) is 1. The summed E-state index contributed by atoms with van der Waals surface area (Å²) in [5.41, 5.74) is 2.45. The van der Waals surface area contributed by atoms with Crippen LogP contribution in [-0.2, 0) is 7.05 Å². The van der Waals surface area contributed by atoms with Crippen LogP contribution in [0.4, 0.5) is 0 Å². The zero-order chi connectivity index (χ0) is 10.3. The Morgan fingerprint density at radius 2 is 2.07 bits per heavy atom. The highest BCUT2D eigenvalue weighted by Gasteiger charge is 2.11. The number of aromatic nitrogens is 1. The molecule has 1 N–H and O–H groups in total. The highest BCUT2D eigenvalue weighted by Crippen LogP contribution is 2.22. The predicted octanol–water partition coefficient (Wildman–Crippen LogP) is 2.18. The third-order valence-electron chi connectivity index (χ3n) is 2.47. The molecule has 1 aromatic carbocycles. The molecule has 0 saturated heterocycles. The first kappa shape index (κ1) is 8.81. The quantitative estimate of drug-likeness (QED) is 0.747. The van der Waals surface area contributed by atoms with Crippen LogP contribution in [0, 0.1) is 6.92 Å². The molecular formula is C11H11NO2. The largest absolute Gasteiger partial charge is 0.478 e. The lowest BCUT2D eigenvalue weighted by Crippen LogP contribution is -1.98. The van der Waals surface area contributed by atoms with Crippen molar-refractivity contribution >= 4 is 16.9 Å². The van der Waals surface area contributed by atoms with Crippen LogP contribution in [0.25, 0.3) is 10.9 Å². The fourth-order valence-electron chi connectivity index (χ4n) is 1.80. The first-order valence-corrected chi connectivity index (χ1v) is 4.39. The number of carbonyl (C=O) groups is 1. The number of carboxylic acids is 1. The summed E-state index contributed by atoms with van der Waals surface area (Å²) in [7, 11) is 1.92.